The molecule has 0 bridgehead atoms. The van der Waals surface area contributed by atoms with Crippen LogP contribution in [0.2, 0.25) is 0 Å². The van der Waals surface area contributed by atoms with Gasteiger partial charge in [-0.05, 0) is 304 Å². The fourth-order valence-corrected chi connectivity index (χ4v) is 17.9. The zero-order valence-corrected chi connectivity index (χ0v) is 92.4. The molecule has 0 aromatic heterocycles. The predicted molar refractivity (Wildman–Crippen MR) is 625 cm³/mol. The van der Waals surface area contributed by atoms with Gasteiger partial charge in [-0.2, -0.15) is 0 Å². The molecule has 0 saturated heterocycles. The highest BCUT2D eigenvalue weighted by Crippen LogP contribution is 2.34. The topological polar surface area (TPSA) is 85.8 Å². The Balaban J connectivity index is -0.000000836. The molecule has 2 unspecified atom stereocenters. The Morgan fingerprint density at radius 1 is 0.225 bits per heavy atom. The van der Waals surface area contributed by atoms with Gasteiger partial charge in [-0.25, -0.2) is 9.59 Å². The molecule has 810 valence electrons. The highest BCUT2D eigenvalue weighted by molar-refractivity contribution is 5.68. The monoisotopic (exact) mass is 1930 g/mol. The van der Waals surface area contributed by atoms with Crippen molar-refractivity contribution in [3.8, 4) is 0 Å². The lowest BCUT2D eigenvalue weighted by atomic mass is 9.82. The minimum absolute atomic E-state index is 0. The Morgan fingerprint density at radius 2 is 0.413 bits per heavy atom. The molecule has 9 nitrogen and oxygen atoms in total. The highest BCUT2D eigenvalue weighted by atomic mass is 16.6. The zero-order valence-electron chi connectivity index (χ0n) is 92.4. The van der Waals surface area contributed by atoms with Crippen LogP contribution in [0.25, 0.3) is 0 Å². The summed E-state index contributed by atoms with van der Waals surface area (Å²) in [5.41, 5.74) is -0.984. The molecular formula is C129H244N4O5. The molecule has 0 heterocycles. The average Bonchev–Trinajstić information content (AvgIpc) is 0.832. The van der Waals surface area contributed by atoms with E-state index in [2.05, 4.69) is 225 Å². The van der Waals surface area contributed by atoms with E-state index in [9.17, 15) is 14.7 Å². The van der Waals surface area contributed by atoms with Crippen molar-refractivity contribution in [1.29, 1.82) is 0 Å². The largest absolute Gasteiger partial charge is 0.446 e. The first-order valence-corrected chi connectivity index (χ1v) is 58.9. The van der Waals surface area contributed by atoms with Gasteiger partial charge in [0.05, 0.1) is 0 Å². The molecule has 0 aliphatic heterocycles. The second-order valence-electron chi connectivity index (χ2n) is 41.0. The quantitative estimate of drug-likeness (QED) is 0.0480. The van der Waals surface area contributed by atoms with Gasteiger partial charge in [-0.1, -0.05) is 466 Å². The standard InChI is InChI=1S/C63H116N2O3.C63H116N2O2.3CH4/c1-7-10-13-16-19-22-25-28-31-34-37-40-43-46-49-52-56-61(68-62(66)65(6)60-55-59-64(4)5)63(67,57-53-50-47-44-41-38-35-32-29-26-23-20-17-14-11-8-2)58-54-51-48-45-42-39-36-33-30-27-24-21-18-15-12-9-3;1-7-10-13-16-19-22-25-28-31-34-37-40-43-46-49-52-56-61(57-53-50-47-44-41-38-35-32-29-26-23-20-17-14-11-8-2)62(67-63(66)65(6)60-55-59-64(4)5)58-54-51-48-45-42-39-36-33-30-27-24-21-18-15-12-9-3;;;/h19-24,28-33,61,67H,7-18,25-27,34-60H2,1-6H3;19-24,28-33,61-62H,7-18,25-27,34-60H2,1-6H3;3*1H4/b2*22-19-,23-20-,24-21-,31-28-,32-29-,33-30-;;;. The van der Waals surface area contributed by atoms with Crippen LogP contribution in [0.15, 0.2) is 146 Å². The second kappa shape index (κ2) is 119. The number of carbonyl (C=O) groups excluding carboxylic acids is 2. The smallest absolute Gasteiger partial charge is 0.409 e. The first kappa shape index (κ1) is 142. The fourth-order valence-electron chi connectivity index (χ4n) is 17.9. The third-order valence-electron chi connectivity index (χ3n) is 27.0. The number of nitrogens with zero attached hydrogens (tertiary/aromatic N) is 4. The third-order valence-corrected chi connectivity index (χ3v) is 27.0. The maximum Gasteiger partial charge on any atom is 0.409 e. The van der Waals surface area contributed by atoms with Crippen molar-refractivity contribution in [2.45, 2.75) is 595 Å². The van der Waals surface area contributed by atoms with Crippen LogP contribution in [0, 0.1) is 5.92 Å². The second-order valence-corrected chi connectivity index (χ2v) is 41.0. The normalized spacial score (nSPS) is 12.8. The lowest BCUT2D eigenvalue weighted by molar-refractivity contribution is -0.101. The maximum atomic E-state index is 13.6. The summed E-state index contributed by atoms with van der Waals surface area (Å²) in [6, 6.07) is 0. The van der Waals surface area contributed by atoms with Crippen molar-refractivity contribution in [2.24, 2.45) is 5.92 Å². The highest BCUT2D eigenvalue weighted by Gasteiger charge is 2.39. The zero-order chi connectivity index (χ0) is 98.5. The van der Waals surface area contributed by atoms with Gasteiger partial charge in [0.1, 0.15) is 17.8 Å². The Kier molecular flexibility index (Phi) is 122. The average molecular weight is 1930 g/mol. The van der Waals surface area contributed by atoms with Gasteiger partial charge < -0.3 is 34.2 Å². The number of amides is 2. The molecule has 0 aromatic carbocycles. The van der Waals surface area contributed by atoms with Gasteiger partial charge in [0.2, 0.25) is 0 Å². The molecule has 2 atom stereocenters. The summed E-state index contributed by atoms with van der Waals surface area (Å²) in [4.78, 5) is 35.2. The number of carbonyl (C=O) groups is 2. The van der Waals surface area contributed by atoms with Crippen LogP contribution in [0.3, 0.4) is 0 Å². The Morgan fingerprint density at radius 3 is 0.638 bits per heavy atom. The molecule has 0 aliphatic rings. The van der Waals surface area contributed by atoms with E-state index in [1.165, 1.54) is 392 Å². The molecule has 9 heteroatoms. The number of unbranched alkanes of at least 4 members (excludes halogenated alkanes) is 54. The SMILES string of the molecule is C.C.C.CCCCC/C=C\C/C=C\CCCCCCCCC(CCCCCCCC/C=C\C/C=C\CCCCC)C(CCCCCCCC/C=C\C/C=C\CCCCC)OC(=O)N(C)CCCN(C)C.CCCCC/C=C\C/C=C\CCCCCCCCC(OC(=O)N(C)CCCN(C)C)C(O)(CCCCCCCC/C=C\C/C=C\CCCCC)CCCCCCCC/C=C\C/C=C\CCCCC. The number of hydrogen-bond donors (Lipinski definition) is 1. The van der Waals surface area contributed by atoms with Crippen molar-refractivity contribution < 1.29 is 24.2 Å². The third kappa shape index (κ3) is 109. The van der Waals surface area contributed by atoms with Gasteiger partial charge in [0, 0.05) is 27.2 Å². The summed E-state index contributed by atoms with van der Waals surface area (Å²) in [6.45, 7) is 16.9. The summed E-state index contributed by atoms with van der Waals surface area (Å²) in [6.07, 6.45) is 152. The molecule has 2 amide bonds. The Bertz CT molecular complexity index is 2690. The Labute approximate surface area is 866 Å². The van der Waals surface area contributed by atoms with Crippen LogP contribution in [-0.4, -0.2) is 123 Å². The first-order valence-electron chi connectivity index (χ1n) is 58.9. The summed E-state index contributed by atoms with van der Waals surface area (Å²) < 4.78 is 13.0. The van der Waals surface area contributed by atoms with E-state index < -0.39 is 11.7 Å². The minimum atomic E-state index is -0.984. The molecule has 0 saturated carbocycles. The number of rotatable bonds is 102. The molecule has 0 aromatic rings. The van der Waals surface area contributed by atoms with Gasteiger partial charge >= 0.3 is 12.2 Å². The summed E-state index contributed by atoms with van der Waals surface area (Å²) >= 11 is 0. The molecule has 0 spiro atoms. The van der Waals surface area contributed by atoms with E-state index in [0.29, 0.717) is 25.3 Å². The predicted octanol–water partition coefficient (Wildman–Crippen LogP) is 42.2. The van der Waals surface area contributed by atoms with Crippen molar-refractivity contribution in [1.82, 2.24) is 19.6 Å². The lowest BCUT2D eigenvalue weighted by Crippen LogP contribution is -2.47. The molecule has 0 fully saturated rings. The summed E-state index contributed by atoms with van der Waals surface area (Å²) in [5, 5.41) is 12.7. The maximum absolute atomic E-state index is 13.6. The molecule has 0 radical (unpaired) electrons. The van der Waals surface area contributed by atoms with Gasteiger partial charge in [0.15, 0.2) is 0 Å². The molecule has 0 rings (SSSR count). The lowest BCUT2D eigenvalue weighted by Gasteiger charge is -2.37. The summed E-state index contributed by atoms with van der Waals surface area (Å²) in [7, 11) is 12.2. The number of allylic oxidation sites excluding steroid dienone is 24. The van der Waals surface area contributed by atoms with E-state index in [0.717, 1.165) is 129 Å². The van der Waals surface area contributed by atoms with Crippen LogP contribution in [-0.2, 0) is 9.47 Å². The van der Waals surface area contributed by atoms with E-state index >= 15 is 0 Å². The number of aliphatic hydroxyl groups is 1. The minimum Gasteiger partial charge on any atom is -0.446 e. The Hall–Kier alpha value is -4.70. The van der Waals surface area contributed by atoms with Crippen LogP contribution in [0.4, 0.5) is 9.59 Å². The van der Waals surface area contributed by atoms with Crippen molar-refractivity contribution in [3.63, 3.8) is 0 Å². The van der Waals surface area contributed by atoms with Gasteiger partial charge in [-0.15, -0.1) is 0 Å². The first-order chi connectivity index (χ1) is 66.3. The van der Waals surface area contributed by atoms with E-state index in [-0.39, 0.29) is 40.6 Å². The summed E-state index contributed by atoms with van der Waals surface area (Å²) in [5.74, 6) is 0.466. The van der Waals surface area contributed by atoms with Gasteiger partial charge in [0.25, 0.3) is 0 Å². The van der Waals surface area contributed by atoms with E-state index in [1.54, 1.807) is 4.90 Å². The number of ether oxygens (including phenoxy) is 2. The van der Waals surface area contributed by atoms with Crippen LogP contribution in [0.5, 0.6) is 0 Å². The van der Waals surface area contributed by atoms with Crippen LogP contribution in [0.1, 0.15) is 577 Å². The van der Waals surface area contributed by atoms with Crippen LogP contribution >= 0.6 is 0 Å². The molecule has 1 N–H and O–H groups in total. The van der Waals surface area contributed by atoms with Crippen molar-refractivity contribution in [3.05, 3.63) is 146 Å². The van der Waals surface area contributed by atoms with E-state index in [1.807, 2.05) is 19.0 Å². The van der Waals surface area contributed by atoms with Gasteiger partial charge in [-0.3, -0.25) is 0 Å². The van der Waals surface area contributed by atoms with E-state index in [4.69, 9.17) is 9.47 Å². The fraction of sp³-hybridized carbons (Fsp3) is 0.798. The number of hydrogen-bond acceptors (Lipinski definition) is 7. The van der Waals surface area contributed by atoms with Crippen LogP contribution < -0.4 is 0 Å². The molecule has 138 heavy (non-hydrogen) atoms. The van der Waals surface area contributed by atoms with Crippen molar-refractivity contribution in [2.75, 3.05) is 68.5 Å². The molecule has 0 aliphatic carbocycles. The molecular weight excluding hydrogens is 1690 g/mol. The van der Waals surface area contributed by atoms with Crippen molar-refractivity contribution >= 4 is 12.2 Å².